The fraction of sp³-hybridized carbons (Fsp3) is 0.857. The van der Waals surface area contributed by atoms with Crippen LogP contribution in [0.3, 0.4) is 0 Å². The summed E-state index contributed by atoms with van der Waals surface area (Å²) in [6.07, 6.45) is 1.89. The molecule has 0 unspecified atom stereocenters. The highest BCUT2D eigenvalue weighted by Crippen LogP contribution is 2.48. The van der Waals surface area contributed by atoms with Crippen LogP contribution in [-0.4, -0.2) is 46.0 Å². The lowest BCUT2D eigenvalue weighted by Gasteiger charge is -2.21. The predicted molar refractivity (Wildman–Crippen MR) is 73.8 cm³/mol. The summed E-state index contributed by atoms with van der Waals surface area (Å²) in [4.78, 5) is 26.2. The smallest absolute Gasteiger partial charge is 0.235 e. The van der Waals surface area contributed by atoms with Gasteiger partial charge in [0.15, 0.2) is 0 Å². The second-order valence-electron chi connectivity index (χ2n) is 6.63. The average molecular weight is 283 g/mol. The van der Waals surface area contributed by atoms with Crippen LogP contribution >= 0.6 is 11.8 Å². The first-order valence-corrected chi connectivity index (χ1v) is 8.02. The second kappa shape index (κ2) is 4.48. The summed E-state index contributed by atoms with van der Waals surface area (Å²) < 4.78 is 5.88. The third kappa shape index (κ3) is 2.21. The first-order chi connectivity index (χ1) is 8.88. The molecule has 4 atom stereocenters. The maximum Gasteiger partial charge on any atom is 0.235 e. The summed E-state index contributed by atoms with van der Waals surface area (Å²) in [5.41, 5.74) is 0. The van der Waals surface area contributed by atoms with Crippen LogP contribution in [-0.2, 0) is 14.3 Å². The van der Waals surface area contributed by atoms with Crippen molar-refractivity contribution in [2.45, 2.75) is 50.6 Å². The molecule has 3 fully saturated rings. The fourth-order valence-electron chi connectivity index (χ4n) is 3.44. The van der Waals surface area contributed by atoms with Crippen LogP contribution in [0.5, 0.6) is 0 Å². The van der Waals surface area contributed by atoms with Crippen molar-refractivity contribution in [1.29, 1.82) is 0 Å². The quantitative estimate of drug-likeness (QED) is 0.739. The van der Waals surface area contributed by atoms with Gasteiger partial charge in [0.1, 0.15) is 0 Å². The third-order valence-corrected chi connectivity index (χ3v) is 5.48. The van der Waals surface area contributed by atoms with Crippen molar-refractivity contribution in [2.24, 2.45) is 11.8 Å². The molecule has 2 amide bonds. The highest BCUT2D eigenvalue weighted by molar-refractivity contribution is 8.00. The number of fused-ring (bicyclic) bond motifs is 5. The van der Waals surface area contributed by atoms with Crippen molar-refractivity contribution >= 4 is 23.6 Å². The van der Waals surface area contributed by atoms with Gasteiger partial charge in [0.25, 0.3) is 0 Å². The maximum absolute atomic E-state index is 12.4. The van der Waals surface area contributed by atoms with Gasteiger partial charge in [-0.25, -0.2) is 0 Å². The van der Waals surface area contributed by atoms with E-state index in [-0.39, 0.29) is 40.6 Å². The van der Waals surface area contributed by atoms with Crippen molar-refractivity contribution in [3.63, 3.8) is 0 Å². The van der Waals surface area contributed by atoms with Gasteiger partial charge in [-0.2, -0.15) is 11.8 Å². The number of hydrogen-bond donors (Lipinski definition) is 0. The summed E-state index contributed by atoms with van der Waals surface area (Å²) in [5, 5.41) is 0. The van der Waals surface area contributed by atoms with Gasteiger partial charge in [-0.1, -0.05) is 20.8 Å². The lowest BCUT2D eigenvalue weighted by Crippen LogP contribution is -2.36. The van der Waals surface area contributed by atoms with Gasteiger partial charge in [-0.05, 0) is 12.8 Å². The Morgan fingerprint density at radius 3 is 2.16 bits per heavy atom. The van der Waals surface area contributed by atoms with E-state index in [0.29, 0.717) is 6.54 Å². The minimum atomic E-state index is -0.175. The van der Waals surface area contributed by atoms with Crippen LogP contribution in [0.2, 0.25) is 0 Å². The van der Waals surface area contributed by atoms with Crippen molar-refractivity contribution < 1.29 is 14.3 Å². The molecule has 0 spiro atoms. The van der Waals surface area contributed by atoms with E-state index < -0.39 is 0 Å². The third-order valence-electron chi connectivity index (χ3n) is 4.23. The summed E-state index contributed by atoms with van der Waals surface area (Å²) in [6.45, 7) is 6.99. The number of carbonyl (C=O) groups excluding carboxylic acids is 2. The van der Waals surface area contributed by atoms with Gasteiger partial charge in [-0.3, -0.25) is 14.5 Å². The number of imide groups is 1. The van der Waals surface area contributed by atoms with E-state index in [1.807, 2.05) is 0 Å². The van der Waals surface area contributed by atoms with Crippen molar-refractivity contribution in [2.75, 3.05) is 12.3 Å². The molecule has 19 heavy (non-hydrogen) atoms. The first kappa shape index (κ1) is 13.4. The summed E-state index contributed by atoms with van der Waals surface area (Å²) >= 11 is 1.79. The topological polar surface area (TPSA) is 46.6 Å². The molecule has 0 aromatic carbocycles. The second-order valence-corrected chi connectivity index (χ2v) is 8.55. The molecule has 3 saturated heterocycles. The first-order valence-electron chi connectivity index (χ1n) is 7.03. The lowest BCUT2D eigenvalue weighted by molar-refractivity contribution is -0.142. The molecule has 5 heteroatoms. The zero-order valence-corrected chi connectivity index (χ0v) is 12.5. The normalized spacial score (nSPS) is 37.3. The molecule has 3 rings (SSSR count). The Hall–Kier alpha value is -0.550. The van der Waals surface area contributed by atoms with Crippen molar-refractivity contribution in [1.82, 2.24) is 4.90 Å². The van der Waals surface area contributed by atoms with E-state index in [4.69, 9.17) is 4.74 Å². The average Bonchev–Trinajstić information content (AvgIpc) is 2.96. The number of hydrogen-bond acceptors (Lipinski definition) is 4. The predicted octanol–water partition coefficient (Wildman–Crippen LogP) is 1.68. The Bertz CT molecular complexity index is 389. The largest absolute Gasteiger partial charge is 0.373 e. The number of likely N-dealkylation sites (tertiary alicyclic amines) is 1. The van der Waals surface area contributed by atoms with Crippen molar-refractivity contribution in [3.05, 3.63) is 0 Å². The molecular weight excluding hydrogens is 262 g/mol. The molecule has 4 nitrogen and oxygen atoms in total. The van der Waals surface area contributed by atoms with Crippen LogP contribution in [0.25, 0.3) is 0 Å². The molecule has 3 aliphatic heterocycles. The molecule has 0 aliphatic carbocycles. The molecule has 3 heterocycles. The number of amides is 2. The molecule has 2 bridgehead atoms. The Kier molecular flexibility index (Phi) is 3.17. The molecule has 106 valence electrons. The summed E-state index contributed by atoms with van der Waals surface area (Å²) in [5.74, 6) is 0.488. The monoisotopic (exact) mass is 283 g/mol. The molecule has 0 aromatic rings. The van der Waals surface area contributed by atoms with E-state index in [1.54, 1.807) is 11.8 Å². The summed E-state index contributed by atoms with van der Waals surface area (Å²) in [6, 6.07) is 0. The maximum atomic E-state index is 12.4. The van der Waals surface area contributed by atoms with Gasteiger partial charge in [0.2, 0.25) is 11.8 Å². The van der Waals surface area contributed by atoms with Crippen LogP contribution in [0.15, 0.2) is 0 Å². The Morgan fingerprint density at radius 2 is 1.68 bits per heavy atom. The zero-order chi connectivity index (χ0) is 13.8. The highest BCUT2D eigenvalue weighted by atomic mass is 32.2. The van der Waals surface area contributed by atoms with E-state index >= 15 is 0 Å². The molecule has 0 saturated carbocycles. The van der Waals surface area contributed by atoms with Crippen LogP contribution in [0, 0.1) is 11.8 Å². The van der Waals surface area contributed by atoms with Crippen molar-refractivity contribution in [3.8, 4) is 0 Å². The SMILES string of the molecule is CC(C)(C)SCCN1C(=O)[C@@H]2[C@@H](C1=O)[C@H]1CC[C@@H]2O1. The number of rotatable bonds is 3. The minimum absolute atomic E-state index is 0.00622. The van der Waals surface area contributed by atoms with E-state index in [1.165, 1.54) is 4.90 Å². The zero-order valence-electron chi connectivity index (χ0n) is 11.7. The van der Waals surface area contributed by atoms with E-state index in [2.05, 4.69) is 20.8 Å². The molecule has 0 radical (unpaired) electrons. The fourth-order valence-corrected chi connectivity index (χ4v) is 4.32. The Morgan fingerprint density at radius 1 is 1.16 bits per heavy atom. The van der Waals surface area contributed by atoms with Gasteiger partial charge in [0.05, 0.1) is 24.0 Å². The van der Waals surface area contributed by atoms with Gasteiger partial charge in [-0.15, -0.1) is 0 Å². The van der Waals surface area contributed by atoms with Gasteiger partial charge < -0.3 is 4.74 Å². The van der Waals surface area contributed by atoms with Gasteiger partial charge >= 0.3 is 0 Å². The highest BCUT2D eigenvalue weighted by Gasteiger charge is 2.62. The van der Waals surface area contributed by atoms with Crippen LogP contribution in [0.4, 0.5) is 0 Å². The van der Waals surface area contributed by atoms with Crippen LogP contribution < -0.4 is 0 Å². The number of nitrogens with zero attached hydrogens (tertiary/aromatic N) is 1. The Balaban J connectivity index is 1.65. The molecule has 0 N–H and O–H groups in total. The van der Waals surface area contributed by atoms with Gasteiger partial charge in [0, 0.05) is 17.0 Å². The molecule has 0 aromatic heterocycles. The molecule has 3 aliphatic rings. The van der Waals surface area contributed by atoms with E-state index in [0.717, 1.165) is 18.6 Å². The molecular formula is C14H21NO3S. The minimum Gasteiger partial charge on any atom is -0.373 e. The Labute approximate surface area is 118 Å². The standard InChI is InChI=1S/C14H21NO3S/c1-14(2,3)19-7-6-15-12(16)10-8-4-5-9(18-8)11(10)13(15)17/h8-11H,4-7H2,1-3H3/t8-,9+,10-,11-/m0/s1. The summed E-state index contributed by atoms with van der Waals surface area (Å²) in [7, 11) is 0. The number of ether oxygens (including phenoxy) is 1. The number of thioether (sulfide) groups is 1. The lowest BCUT2D eigenvalue weighted by atomic mass is 9.81. The van der Waals surface area contributed by atoms with E-state index in [9.17, 15) is 9.59 Å². The number of carbonyl (C=O) groups is 2. The van der Waals surface area contributed by atoms with Crippen LogP contribution in [0.1, 0.15) is 33.6 Å².